The molecule has 2 aromatic heterocycles. The highest BCUT2D eigenvalue weighted by Gasteiger charge is 2.14. The van der Waals surface area contributed by atoms with Crippen LogP contribution in [0.3, 0.4) is 0 Å². The maximum atomic E-state index is 12.1. The second kappa shape index (κ2) is 7.26. The zero-order valence-corrected chi connectivity index (χ0v) is 14.5. The maximum absolute atomic E-state index is 12.1. The van der Waals surface area contributed by atoms with Crippen molar-refractivity contribution >= 4 is 11.9 Å². The number of para-hydroxylation sites is 1. The lowest BCUT2D eigenvalue weighted by Crippen LogP contribution is -2.32. The molecule has 2 N–H and O–H groups in total. The largest absolute Gasteiger partial charge is 0.494 e. The molecule has 1 aromatic carbocycles. The normalized spacial score (nSPS) is 11.3. The Bertz CT molecular complexity index is 1060. The fourth-order valence-corrected chi connectivity index (χ4v) is 2.72. The summed E-state index contributed by atoms with van der Waals surface area (Å²) in [5.41, 5.74) is 1.24. The summed E-state index contributed by atoms with van der Waals surface area (Å²) < 4.78 is 6.22. The van der Waals surface area contributed by atoms with E-state index in [0.29, 0.717) is 5.76 Å². The summed E-state index contributed by atoms with van der Waals surface area (Å²) >= 11 is 0. The van der Waals surface area contributed by atoms with Crippen LogP contribution >= 0.6 is 0 Å². The number of hydrogen-bond acceptors (Lipinski definition) is 5. The Kier molecular flexibility index (Phi) is 4.88. The number of aliphatic imine (C=N–C) groups is 1. The molecule has 0 saturated heterocycles. The molecule has 0 fully saturated rings. The van der Waals surface area contributed by atoms with E-state index in [2.05, 4.69) is 9.98 Å². The van der Waals surface area contributed by atoms with E-state index in [-0.39, 0.29) is 12.1 Å². The van der Waals surface area contributed by atoms with Crippen LogP contribution in [0.15, 0.2) is 55.6 Å². The van der Waals surface area contributed by atoms with Gasteiger partial charge in [0.25, 0.3) is 5.56 Å². The van der Waals surface area contributed by atoms with E-state index in [9.17, 15) is 14.7 Å². The minimum atomic E-state index is -0.716. The van der Waals surface area contributed by atoms with Gasteiger partial charge in [0.05, 0.1) is 18.5 Å². The summed E-state index contributed by atoms with van der Waals surface area (Å²) in [6.07, 6.45) is 3.54. The molecular formula is C19H19N3O4. The van der Waals surface area contributed by atoms with Crippen LogP contribution in [0.2, 0.25) is 0 Å². The van der Waals surface area contributed by atoms with Gasteiger partial charge in [-0.15, -0.1) is 0 Å². The van der Waals surface area contributed by atoms with Crippen LogP contribution in [0.25, 0.3) is 0 Å². The van der Waals surface area contributed by atoms with Gasteiger partial charge < -0.3 is 9.52 Å². The molecule has 0 spiro atoms. The fourth-order valence-electron chi connectivity index (χ4n) is 2.72. The predicted octanol–water partition coefficient (Wildman–Crippen LogP) is 2.50. The van der Waals surface area contributed by atoms with Crippen molar-refractivity contribution < 1.29 is 9.52 Å². The van der Waals surface area contributed by atoms with Gasteiger partial charge in [0, 0.05) is 6.21 Å². The lowest BCUT2D eigenvalue weighted by atomic mass is 10.1. The monoisotopic (exact) mass is 353 g/mol. The molecule has 0 aliphatic carbocycles. The number of aromatic nitrogens is 2. The van der Waals surface area contributed by atoms with E-state index in [1.54, 1.807) is 12.1 Å². The molecule has 3 rings (SSSR count). The van der Waals surface area contributed by atoms with E-state index in [1.165, 1.54) is 12.5 Å². The van der Waals surface area contributed by atoms with Crippen molar-refractivity contribution in [3.63, 3.8) is 0 Å². The molecule has 2 heterocycles. The van der Waals surface area contributed by atoms with Gasteiger partial charge in [-0.3, -0.25) is 19.3 Å². The molecule has 7 nitrogen and oxygen atoms in total. The highest BCUT2D eigenvalue weighted by Crippen LogP contribution is 2.24. The number of benzene rings is 1. The number of aromatic amines is 1. The van der Waals surface area contributed by atoms with Gasteiger partial charge in [-0.1, -0.05) is 25.1 Å². The standard InChI is InChI=1S/C19H19N3O4/c1-3-13-7-4-6-12(2)16(13)20-10-15-17(23)21-19(25)22(18(15)24)11-14-8-5-9-26-14/h4-10,24H,3,11H2,1-2H3,(H,21,23,25). The molecule has 134 valence electrons. The zero-order valence-electron chi connectivity index (χ0n) is 14.5. The van der Waals surface area contributed by atoms with Crippen molar-refractivity contribution in [2.24, 2.45) is 4.99 Å². The van der Waals surface area contributed by atoms with Crippen molar-refractivity contribution in [2.45, 2.75) is 26.8 Å². The van der Waals surface area contributed by atoms with Crippen molar-refractivity contribution in [2.75, 3.05) is 0 Å². The fraction of sp³-hybridized carbons (Fsp3) is 0.211. The van der Waals surface area contributed by atoms with Crippen molar-refractivity contribution in [3.05, 3.63) is 79.9 Å². The van der Waals surface area contributed by atoms with Crippen LogP contribution in [0.1, 0.15) is 29.4 Å². The van der Waals surface area contributed by atoms with Crippen LogP contribution in [0.5, 0.6) is 5.88 Å². The highest BCUT2D eigenvalue weighted by molar-refractivity contribution is 5.84. The molecule has 0 radical (unpaired) electrons. The molecular weight excluding hydrogens is 334 g/mol. The van der Waals surface area contributed by atoms with E-state index < -0.39 is 17.1 Å². The summed E-state index contributed by atoms with van der Waals surface area (Å²) in [5.74, 6) is 0.0232. The third-order valence-corrected chi connectivity index (χ3v) is 4.13. The third kappa shape index (κ3) is 3.37. The molecule has 0 amide bonds. The Morgan fingerprint density at radius 2 is 2.08 bits per heavy atom. The van der Waals surface area contributed by atoms with E-state index in [4.69, 9.17) is 4.42 Å². The smallest absolute Gasteiger partial charge is 0.331 e. The molecule has 0 aliphatic heterocycles. The van der Waals surface area contributed by atoms with Crippen LogP contribution in [-0.4, -0.2) is 20.9 Å². The quantitative estimate of drug-likeness (QED) is 0.688. The van der Waals surface area contributed by atoms with Crippen LogP contribution in [0.4, 0.5) is 5.69 Å². The number of aromatic hydroxyl groups is 1. The van der Waals surface area contributed by atoms with E-state index in [1.807, 2.05) is 32.0 Å². The lowest BCUT2D eigenvalue weighted by Gasteiger charge is -2.09. The number of furan rings is 1. The summed E-state index contributed by atoms with van der Waals surface area (Å²) in [6, 6.07) is 9.18. The molecule has 7 heteroatoms. The number of rotatable bonds is 5. The first-order valence-electron chi connectivity index (χ1n) is 8.22. The van der Waals surface area contributed by atoms with Crippen LogP contribution < -0.4 is 11.2 Å². The van der Waals surface area contributed by atoms with Gasteiger partial charge in [-0.2, -0.15) is 0 Å². The molecule has 3 aromatic rings. The van der Waals surface area contributed by atoms with Crippen molar-refractivity contribution in [1.82, 2.24) is 9.55 Å². The summed E-state index contributed by atoms with van der Waals surface area (Å²) in [5, 5.41) is 10.4. The Hall–Kier alpha value is -3.35. The minimum absolute atomic E-state index is 0.000137. The Morgan fingerprint density at radius 1 is 1.27 bits per heavy atom. The third-order valence-electron chi connectivity index (χ3n) is 4.13. The van der Waals surface area contributed by atoms with Crippen molar-refractivity contribution in [3.8, 4) is 5.88 Å². The minimum Gasteiger partial charge on any atom is -0.494 e. The summed E-state index contributed by atoms with van der Waals surface area (Å²) in [6.45, 7) is 3.94. The molecule has 0 bridgehead atoms. The maximum Gasteiger partial charge on any atom is 0.331 e. The highest BCUT2D eigenvalue weighted by atomic mass is 16.3. The first-order chi connectivity index (χ1) is 12.5. The molecule has 0 aliphatic rings. The van der Waals surface area contributed by atoms with Gasteiger partial charge in [-0.05, 0) is 36.6 Å². The predicted molar refractivity (Wildman–Crippen MR) is 98.6 cm³/mol. The number of nitrogens with zero attached hydrogens (tertiary/aromatic N) is 2. The number of H-pyrrole nitrogens is 1. The molecule has 0 atom stereocenters. The number of aryl methyl sites for hydroxylation is 2. The first kappa shape index (κ1) is 17.5. The average Bonchev–Trinajstić information content (AvgIpc) is 3.12. The van der Waals surface area contributed by atoms with Crippen molar-refractivity contribution in [1.29, 1.82) is 0 Å². The SMILES string of the molecule is CCc1cccc(C)c1N=Cc1c(O)n(Cc2ccco2)c(=O)[nH]c1=O. The Balaban J connectivity index is 2.06. The zero-order chi connectivity index (χ0) is 18.7. The second-order valence-electron chi connectivity index (χ2n) is 5.86. The van der Waals surface area contributed by atoms with Gasteiger partial charge >= 0.3 is 5.69 Å². The Morgan fingerprint density at radius 3 is 2.77 bits per heavy atom. The first-order valence-corrected chi connectivity index (χ1v) is 8.22. The molecule has 0 saturated carbocycles. The van der Waals surface area contributed by atoms with Crippen LogP contribution in [0, 0.1) is 6.92 Å². The molecule has 0 unspecified atom stereocenters. The van der Waals surface area contributed by atoms with Gasteiger partial charge in [0.15, 0.2) is 0 Å². The summed E-state index contributed by atoms with van der Waals surface area (Å²) in [4.78, 5) is 30.8. The Labute approximate surface area is 149 Å². The van der Waals surface area contributed by atoms with Gasteiger partial charge in [-0.25, -0.2) is 4.79 Å². The van der Waals surface area contributed by atoms with Crippen LogP contribution in [-0.2, 0) is 13.0 Å². The van der Waals surface area contributed by atoms with Gasteiger partial charge in [0.1, 0.15) is 11.3 Å². The topological polar surface area (TPSA) is 101 Å². The van der Waals surface area contributed by atoms with E-state index in [0.717, 1.165) is 27.8 Å². The second-order valence-corrected chi connectivity index (χ2v) is 5.86. The number of nitrogens with one attached hydrogen (secondary N) is 1. The lowest BCUT2D eigenvalue weighted by molar-refractivity contribution is 0.392. The summed E-state index contributed by atoms with van der Waals surface area (Å²) in [7, 11) is 0. The van der Waals surface area contributed by atoms with E-state index >= 15 is 0 Å². The molecule has 26 heavy (non-hydrogen) atoms. The van der Waals surface area contributed by atoms with Gasteiger partial charge in [0.2, 0.25) is 5.88 Å². The number of hydrogen-bond donors (Lipinski definition) is 2. The average molecular weight is 353 g/mol.